The molecule has 3 rings (SSSR count). The maximum absolute atomic E-state index is 13.2. The van der Waals surface area contributed by atoms with Gasteiger partial charge in [0, 0.05) is 32.7 Å². The van der Waals surface area contributed by atoms with E-state index in [1.54, 1.807) is 7.11 Å². The highest BCUT2D eigenvalue weighted by Crippen LogP contribution is 2.25. The first kappa shape index (κ1) is 22.4. The molecule has 0 bridgehead atoms. The van der Waals surface area contributed by atoms with Crippen molar-refractivity contribution in [2.75, 3.05) is 58.3 Å². The maximum Gasteiger partial charge on any atom is 0.295 e. The summed E-state index contributed by atoms with van der Waals surface area (Å²) in [5.41, 5.74) is -0.472. The lowest BCUT2D eigenvalue weighted by Gasteiger charge is -2.34. The van der Waals surface area contributed by atoms with Crippen molar-refractivity contribution < 1.29 is 23.6 Å². The van der Waals surface area contributed by atoms with Gasteiger partial charge in [-0.3, -0.25) is 24.7 Å². The Hall–Kier alpha value is -3.24. The number of carbonyl (C=O) groups excluding carboxylic acids is 1. The standard InChI is InChI=1S/C21H25FN4O5/c1-30-17-3-5-18(6-4-17)31-13-12-24-8-10-25(11-9-24)15-21(27)23-19-7-2-16(22)14-20(19)26(28)29/h2-7,14H,8-13,15H2,1H3,(H,23,27). The molecule has 1 heterocycles. The minimum Gasteiger partial charge on any atom is -0.497 e. The molecule has 10 heteroatoms. The van der Waals surface area contributed by atoms with E-state index in [0.29, 0.717) is 19.7 Å². The second-order valence-corrected chi connectivity index (χ2v) is 7.11. The number of anilines is 1. The van der Waals surface area contributed by atoms with Crippen molar-refractivity contribution in [1.82, 2.24) is 9.80 Å². The van der Waals surface area contributed by atoms with Crippen LogP contribution in [-0.2, 0) is 4.79 Å². The molecule has 1 aliphatic heterocycles. The monoisotopic (exact) mass is 432 g/mol. The van der Waals surface area contributed by atoms with Gasteiger partial charge in [-0.25, -0.2) is 4.39 Å². The average molecular weight is 432 g/mol. The van der Waals surface area contributed by atoms with Crippen LogP contribution in [0, 0.1) is 15.9 Å². The Morgan fingerprint density at radius 3 is 2.39 bits per heavy atom. The normalized spacial score (nSPS) is 14.8. The van der Waals surface area contributed by atoms with E-state index >= 15 is 0 Å². The fourth-order valence-electron chi connectivity index (χ4n) is 3.29. The van der Waals surface area contributed by atoms with Crippen LogP contribution in [0.5, 0.6) is 11.5 Å². The fraction of sp³-hybridized carbons (Fsp3) is 0.381. The van der Waals surface area contributed by atoms with E-state index in [1.165, 1.54) is 6.07 Å². The van der Waals surface area contributed by atoms with Gasteiger partial charge in [-0.2, -0.15) is 0 Å². The minimum absolute atomic E-state index is 0.00860. The van der Waals surface area contributed by atoms with Gasteiger partial charge < -0.3 is 14.8 Å². The van der Waals surface area contributed by atoms with E-state index in [1.807, 2.05) is 29.2 Å². The van der Waals surface area contributed by atoms with Crippen LogP contribution >= 0.6 is 0 Å². The van der Waals surface area contributed by atoms with Gasteiger partial charge in [0.1, 0.15) is 29.6 Å². The van der Waals surface area contributed by atoms with Crippen LogP contribution in [0.4, 0.5) is 15.8 Å². The number of benzene rings is 2. The van der Waals surface area contributed by atoms with Crippen LogP contribution in [0.15, 0.2) is 42.5 Å². The lowest BCUT2D eigenvalue weighted by atomic mass is 10.2. The van der Waals surface area contributed by atoms with Crippen LogP contribution in [0.3, 0.4) is 0 Å². The van der Waals surface area contributed by atoms with E-state index in [-0.39, 0.29) is 18.1 Å². The van der Waals surface area contributed by atoms with Gasteiger partial charge in [0.2, 0.25) is 5.91 Å². The summed E-state index contributed by atoms with van der Waals surface area (Å²) < 4.78 is 24.1. The topological polar surface area (TPSA) is 97.2 Å². The van der Waals surface area contributed by atoms with Crippen LogP contribution in [0.1, 0.15) is 0 Å². The number of hydrogen-bond donors (Lipinski definition) is 1. The number of nitrogens with zero attached hydrogens (tertiary/aromatic N) is 3. The lowest BCUT2D eigenvalue weighted by Crippen LogP contribution is -2.49. The SMILES string of the molecule is COc1ccc(OCCN2CCN(CC(=O)Nc3ccc(F)cc3[N+](=O)[O-])CC2)cc1. The molecule has 166 valence electrons. The smallest absolute Gasteiger partial charge is 0.295 e. The number of rotatable bonds is 9. The van der Waals surface area contributed by atoms with E-state index in [2.05, 4.69) is 10.2 Å². The number of hydrogen-bond acceptors (Lipinski definition) is 7. The van der Waals surface area contributed by atoms with Gasteiger partial charge in [0.25, 0.3) is 5.69 Å². The molecule has 9 nitrogen and oxygen atoms in total. The Kier molecular flexibility index (Phi) is 7.74. The van der Waals surface area contributed by atoms with Crippen LogP contribution in [-0.4, -0.2) is 73.6 Å². The van der Waals surface area contributed by atoms with Gasteiger partial charge >= 0.3 is 0 Å². The zero-order chi connectivity index (χ0) is 22.2. The second kappa shape index (κ2) is 10.7. The first-order valence-corrected chi connectivity index (χ1v) is 9.90. The lowest BCUT2D eigenvalue weighted by molar-refractivity contribution is -0.384. The highest BCUT2D eigenvalue weighted by molar-refractivity contribution is 5.94. The molecule has 31 heavy (non-hydrogen) atoms. The molecule has 0 saturated carbocycles. The summed E-state index contributed by atoms with van der Waals surface area (Å²) in [5.74, 6) is 0.468. The molecule has 0 aliphatic carbocycles. The molecule has 1 amide bonds. The van der Waals surface area contributed by atoms with E-state index in [4.69, 9.17) is 9.47 Å². The highest BCUT2D eigenvalue weighted by Gasteiger charge is 2.21. The summed E-state index contributed by atoms with van der Waals surface area (Å²) in [6, 6.07) is 10.5. The number of nitro benzene ring substituents is 1. The number of carbonyl (C=O) groups is 1. The molecule has 0 radical (unpaired) electrons. The summed E-state index contributed by atoms with van der Waals surface area (Å²) in [6.07, 6.45) is 0. The van der Waals surface area contributed by atoms with Crippen molar-refractivity contribution >= 4 is 17.3 Å². The third-order valence-electron chi connectivity index (χ3n) is 5.00. The van der Waals surface area contributed by atoms with Crippen molar-refractivity contribution in [3.8, 4) is 11.5 Å². The second-order valence-electron chi connectivity index (χ2n) is 7.11. The number of nitrogens with one attached hydrogen (secondary N) is 1. The molecule has 1 N–H and O–H groups in total. The van der Waals surface area contributed by atoms with Crippen LogP contribution < -0.4 is 14.8 Å². The Balaban J connectivity index is 1.38. The van der Waals surface area contributed by atoms with Gasteiger partial charge in [0.05, 0.1) is 24.6 Å². The molecular weight excluding hydrogens is 407 g/mol. The predicted molar refractivity (Wildman–Crippen MR) is 113 cm³/mol. The maximum atomic E-state index is 13.2. The van der Waals surface area contributed by atoms with E-state index in [9.17, 15) is 19.3 Å². The summed E-state index contributed by atoms with van der Waals surface area (Å²) in [6.45, 7) is 4.41. The van der Waals surface area contributed by atoms with Crippen molar-refractivity contribution in [2.24, 2.45) is 0 Å². The van der Waals surface area contributed by atoms with Crippen molar-refractivity contribution in [3.63, 3.8) is 0 Å². The third-order valence-corrected chi connectivity index (χ3v) is 5.00. The van der Waals surface area contributed by atoms with Crippen molar-refractivity contribution in [2.45, 2.75) is 0 Å². The summed E-state index contributed by atoms with van der Waals surface area (Å²) in [4.78, 5) is 26.8. The first-order chi connectivity index (χ1) is 14.9. The molecule has 1 aliphatic rings. The predicted octanol–water partition coefficient (Wildman–Crippen LogP) is 2.38. The van der Waals surface area contributed by atoms with Gasteiger partial charge in [-0.1, -0.05) is 0 Å². The Labute approximate surface area is 179 Å². The number of methoxy groups -OCH3 is 1. The van der Waals surface area contributed by atoms with Gasteiger partial charge in [-0.15, -0.1) is 0 Å². The molecule has 1 saturated heterocycles. The Morgan fingerprint density at radius 1 is 1.10 bits per heavy atom. The Morgan fingerprint density at radius 2 is 1.74 bits per heavy atom. The van der Waals surface area contributed by atoms with Gasteiger partial charge in [-0.05, 0) is 36.4 Å². The number of nitro groups is 1. The Bertz CT molecular complexity index is 901. The largest absolute Gasteiger partial charge is 0.497 e. The van der Waals surface area contributed by atoms with Gasteiger partial charge in [0.15, 0.2) is 0 Å². The molecule has 0 aromatic heterocycles. The van der Waals surface area contributed by atoms with E-state index < -0.39 is 16.4 Å². The average Bonchev–Trinajstić information content (AvgIpc) is 2.76. The highest BCUT2D eigenvalue weighted by atomic mass is 19.1. The zero-order valence-corrected chi connectivity index (χ0v) is 17.3. The molecule has 0 atom stereocenters. The van der Waals surface area contributed by atoms with Crippen LogP contribution in [0.25, 0.3) is 0 Å². The number of amides is 1. The van der Waals surface area contributed by atoms with Crippen molar-refractivity contribution in [3.05, 3.63) is 58.4 Å². The molecule has 0 unspecified atom stereocenters. The molecular formula is C21H25FN4O5. The quantitative estimate of drug-likeness (QED) is 0.480. The van der Waals surface area contributed by atoms with E-state index in [0.717, 1.165) is 43.3 Å². The minimum atomic E-state index is -0.725. The number of halogens is 1. The number of piperazine rings is 1. The summed E-state index contributed by atoms with van der Waals surface area (Å²) in [5, 5.41) is 13.5. The van der Waals surface area contributed by atoms with Crippen molar-refractivity contribution in [1.29, 1.82) is 0 Å². The molecule has 0 spiro atoms. The fourth-order valence-corrected chi connectivity index (χ4v) is 3.29. The van der Waals surface area contributed by atoms with Crippen LogP contribution in [0.2, 0.25) is 0 Å². The zero-order valence-electron chi connectivity index (χ0n) is 17.3. The number of ether oxygens (including phenoxy) is 2. The summed E-state index contributed by atoms with van der Waals surface area (Å²) in [7, 11) is 1.62. The molecule has 1 fully saturated rings. The first-order valence-electron chi connectivity index (χ1n) is 9.90. The molecule has 2 aromatic carbocycles. The third kappa shape index (κ3) is 6.63. The summed E-state index contributed by atoms with van der Waals surface area (Å²) >= 11 is 0. The molecule has 2 aromatic rings.